The molecule has 1 saturated heterocycles. The maximum atomic E-state index is 10.1. The second-order valence-corrected chi connectivity index (χ2v) is 2.59. The maximum Gasteiger partial charge on any atom is 0.404 e. The van der Waals surface area contributed by atoms with Crippen molar-refractivity contribution in [3.05, 3.63) is 0 Å². The Balaban J connectivity index is 2.01. The van der Waals surface area contributed by atoms with Gasteiger partial charge < -0.3 is 19.9 Å². The molecule has 0 unspecified atom stereocenters. The van der Waals surface area contributed by atoms with E-state index in [1.165, 1.54) is 0 Å². The van der Waals surface area contributed by atoms with Gasteiger partial charge in [0.05, 0.1) is 25.9 Å². The van der Waals surface area contributed by atoms with Gasteiger partial charge in [-0.1, -0.05) is 0 Å². The highest BCUT2D eigenvalue weighted by molar-refractivity contribution is 5.64. The molecule has 1 amide bonds. The Morgan fingerprint density at radius 2 is 2.42 bits per heavy atom. The molecule has 5 nitrogen and oxygen atoms in total. The van der Waals surface area contributed by atoms with Gasteiger partial charge in [0.1, 0.15) is 0 Å². The molecule has 0 aliphatic carbocycles. The van der Waals surface area contributed by atoms with Crippen molar-refractivity contribution in [2.45, 2.75) is 12.5 Å². The van der Waals surface area contributed by atoms with Gasteiger partial charge in [0.15, 0.2) is 0 Å². The molecule has 1 aliphatic heterocycles. The molecule has 0 saturated carbocycles. The van der Waals surface area contributed by atoms with Crippen LogP contribution in [0.25, 0.3) is 0 Å². The molecule has 0 radical (unpaired) electrons. The lowest BCUT2D eigenvalue weighted by Gasteiger charge is -2.22. The van der Waals surface area contributed by atoms with Crippen LogP contribution in [0.5, 0.6) is 0 Å². The molecule has 1 fully saturated rings. The molecule has 0 aromatic heterocycles. The number of rotatable bonds is 3. The zero-order valence-corrected chi connectivity index (χ0v) is 6.78. The van der Waals surface area contributed by atoms with E-state index < -0.39 is 6.09 Å². The van der Waals surface area contributed by atoms with Gasteiger partial charge in [-0.15, -0.1) is 0 Å². The fourth-order valence-corrected chi connectivity index (χ4v) is 1.04. The summed E-state index contributed by atoms with van der Waals surface area (Å²) in [4.78, 5) is 10.1. The van der Waals surface area contributed by atoms with Gasteiger partial charge in [0.2, 0.25) is 0 Å². The van der Waals surface area contributed by atoms with Gasteiger partial charge in [-0.05, 0) is 6.42 Å². The van der Waals surface area contributed by atoms with Crippen LogP contribution in [0.3, 0.4) is 0 Å². The first-order chi connectivity index (χ1) is 5.79. The second-order valence-electron chi connectivity index (χ2n) is 2.59. The van der Waals surface area contributed by atoms with Crippen LogP contribution in [-0.2, 0) is 9.47 Å². The molecule has 0 bridgehead atoms. The average molecular weight is 175 g/mol. The fourth-order valence-electron chi connectivity index (χ4n) is 1.04. The van der Waals surface area contributed by atoms with Crippen LogP contribution in [0.2, 0.25) is 0 Å². The van der Waals surface area contributed by atoms with Crippen LogP contribution < -0.4 is 5.32 Å². The highest BCUT2D eigenvalue weighted by Crippen LogP contribution is 2.03. The predicted octanol–water partition coefficient (Wildman–Crippen LogP) is 0.0595. The van der Waals surface area contributed by atoms with Crippen molar-refractivity contribution in [3.8, 4) is 0 Å². The molecule has 1 heterocycles. The highest BCUT2D eigenvalue weighted by Gasteiger charge is 2.13. The Labute approximate surface area is 70.7 Å². The molecule has 12 heavy (non-hydrogen) atoms. The summed E-state index contributed by atoms with van der Waals surface area (Å²) in [6.07, 6.45) is -0.274. The van der Waals surface area contributed by atoms with Gasteiger partial charge in [-0.2, -0.15) is 0 Å². The number of carbonyl (C=O) groups is 1. The third-order valence-corrected chi connectivity index (χ3v) is 1.63. The fraction of sp³-hybridized carbons (Fsp3) is 0.857. The summed E-state index contributed by atoms with van der Waals surface area (Å²) >= 11 is 0. The molecule has 0 spiro atoms. The van der Waals surface area contributed by atoms with Crippen molar-refractivity contribution < 1.29 is 19.4 Å². The monoisotopic (exact) mass is 175 g/mol. The van der Waals surface area contributed by atoms with E-state index in [1.807, 2.05) is 0 Å². The van der Waals surface area contributed by atoms with E-state index in [9.17, 15) is 4.79 Å². The summed E-state index contributed by atoms with van der Waals surface area (Å²) in [6.45, 7) is 2.24. The van der Waals surface area contributed by atoms with E-state index >= 15 is 0 Å². The van der Waals surface area contributed by atoms with E-state index in [0.29, 0.717) is 32.8 Å². The number of hydrogen-bond acceptors (Lipinski definition) is 3. The molecule has 0 aromatic rings. The maximum absolute atomic E-state index is 10.1. The topological polar surface area (TPSA) is 67.8 Å². The van der Waals surface area contributed by atoms with E-state index in [2.05, 4.69) is 5.32 Å². The van der Waals surface area contributed by atoms with E-state index in [0.717, 1.165) is 0 Å². The summed E-state index contributed by atoms with van der Waals surface area (Å²) in [5, 5.41) is 10.5. The Hall–Kier alpha value is -0.810. The van der Waals surface area contributed by atoms with Crippen molar-refractivity contribution in [3.63, 3.8) is 0 Å². The number of amides is 1. The molecule has 0 aromatic carbocycles. The average Bonchev–Trinajstić information content (AvgIpc) is 2.05. The smallest absolute Gasteiger partial charge is 0.404 e. The van der Waals surface area contributed by atoms with Crippen molar-refractivity contribution in [2.24, 2.45) is 0 Å². The molecule has 5 heteroatoms. The van der Waals surface area contributed by atoms with Crippen molar-refractivity contribution in [2.75, 3.05) is 26.4 Å². The Morgan fingerprint density at radius 1 is 1.58 bits per heavy atom. The predicted molar refractivity (Wildman–Crippen MR) is 41.2 cm³/mol. The SMILES string of the molecule is O=C(O)NCC[C@@H]1COCCO1. The van der Waals surface area contributed by atoms with Gasteiger partial charge in [-0.25, -0.2) is 4.79 Å². The normalized spacial score (nSPS) is 23.5. The van der Waals surface area contributed by atoms with E-state index in [-0.39, 0.29) is 6.10 Å². The minimum Gasteiger partial charge on any atom is -0.465 e. The summed E-state index contributed by atoms with van der Waals surface area (Å²) in [5.41, 5.74) is 0. The van der Waals surface area contributed by atoms with Crippen LogP contribution in [0.1, 0.15) is 6.42 Å². The Bertz CT molecular complexity index is 144. The van der Waals surface area contributed by atoms with Gasteiger partial charge in [-0.3, -0.25) is 0 Å². The first-order valence-corrected chi connectivity index (χ1v) is 3.95. The Morgan fingerprint density at radius 3 is 3.00 bits per heavy atom. The van der Waals surface area contributed by atoms with Crippen molar-refractivity contribution in [1.29, 1.82) is 0 Å². The van der Waals surface area contributed by atoms with Crippen molar-refractivity contribution in [1.82, 2.24) is 5.32 Å². The number of ether oxygens (including phenoxy) is 2. The minimum absolute atomic E-state index is 0.0469. The van der Waals surface area contributed by atoms with Gasteiger partial charge >= 0.3 is 6.09 Å². The quantitative estimate of drug-likeness (QED) is 0.636. The molecular formula is C7H13NO4. The number of hydrogen-bond donors (Lipinski definition) is 2. The molecular weight excluding hydrogens is 162 g/mol. The highest BCUT2D eigenvalue weighted by atomic mass is 16.6. The standard InChI is InChI=1S/C7H13NO4/c9-7(10)8-2-1-6-5-11-3-4-12-6/h6,8H,1-5H2,(H,9,10)/t6-/m1/s1. The van der Waals surface area contributed by atoms with E-state index in [1.54, 1.807) is 0 Å². The molecule has 1 atom stereocenters. The molecule has 70 valence electrons. The molecule has 1 aliphatic rings. The van der Waals surface area contributed by atoms with Crippen LogP contribution in [-0.4, -0.2) is 43.7 Å². The number of carboxylic acid groups (broad SMARTS) is 1. The van der Waals surface area contributed by atoms with Crippen molar-refractivity contribution >= 4 is 6.09 Å². The number of nitrogens with one attached hydrogen (secondary N) is 1. The lowest BCUT2D eigenvalue weighted by Crippen LogP contribution is -2.33. The Kier molecular flexibility index (Phi) is 3.83. The summed E-state index contributed by atoms with van der Waals surface area (Å²) in [7, 11) is 0. The zero-order valence-electron chi connectivity index (χ0n) is 6.78. The third-order valence-electron chi connectivity index (χ3n) is 1.63. The van der Waals surface area contributed by atoms with Crippen LogP contribution in [0, 0.1) is 0 Å². The van der Waals surface area contributed by atoms with Crippen LogP contribution in [0.4, 0.5) is 4.79 Å². The first kappa shape index (κ1) is 9.28. The summed E-state index contributed by atoms with van der Waals surface area (Å²) < 4.78 is 10.4. The third kappa shape index (κ3) is 3.54. The van der Waals surface area contributed by atoms with E-state index in [4.69, 9.17) is 14.6 Å². The zero-order chi connectivity index (χ0) is 8.81. The molecule has 1 rings (SSSR count). The first-order valence-electron chi connectivity index (χ1n) is 3.95. The van der Waals surface area contributed by atoms with Crippen LogP contribution >= 0.6 is 0 Å². The largest absolute Gasteiger partial charge is 0.465 e. The van der Waals surface area contributed by atoms with Crippen LogP contribution in [0.15, 0.2) is 0 Å². The molecule has 2 N–H and O–H groups in total. The lowest BCUT2D eigenvalue weighted by molar-refractivity contribution is -0.0900. The van der Waals surface area contributed by atoms with Gasteiger partial charge in [0, 0.05) is 6.54 Å². The minimum atomic E-state index is -0.994. The summed E-state index contributed by atoms with van der Waals surface area (Å²) in [6, 6.07) is 0. The summed E-state index contributed by atoms with van der Waals surface area (Å²) in [5.74, 6) is 0. The van der Waals surface area contributed by atoms with Gasteiger partial charge in [0.25, 0.3) is 0 Å². The second kappa shape index (κ2) is 4.95. The lowest BCUT2D eigenvalue weighted by atomic mass is 10.2.